The maximum Gasteiger partial charge on any atom is 0.407 e. The third-order valence-electron chi connectivity index (χ3n) is 2.74. The fourth-order valence-electron chi connectivity index (χ4n) is 1.94. The van der Waals surface area contributed by atoms with Crippen molar-refractivity contribution in [1.82, 2.24) is 5.32 Å². The molecule has 0 fully saturated rings. The van der Waals surface area contributed by atoms with E-state index in [1.54, 1.807) is 0 Å². The Labute approximate surface area is 125 Å². The number of hydrogen-bond acceptors (Lipinski definition) is 3. The molecule has 0 radical (unpaired) electrons. The van der Waals surface area contributed by atoms with Gasteiger partial charge >= 0.3 is 6.09 Å². The van der Waals surface area contributed by atoms with Crippen LogP contribution < -0.4 is 11.1 Å². The van der Waals surface area contributed by atoms with Crippen LogP contribution in [0.2, 0.25) is 0 Å². The van der Waals surface area contributed by atoms with Gasteiger partial charge in [-0.15, -0.1) is 0 Å². The Balaban J connectivity index is 2.42. The van der Waals surface area contributed by atoms with Crippen molar-refractivity contribution in [2.75, 3.05) is 0 Å². The molecular weight excluding hydrogens is 272 g/mol. The predicted octanol–water partition coefficient (Wildman–Crippen LogP) is 3.00. The minimum atomic E-state index is -0.434. The molecule has 4 nitrogen and oxygen atoms in total. The first-order valence-electron chi connectivity index (χ1n) is 6.73. The molecule has 1 amide bonds. The van der Waals surface area contributed by atoms with Gasteiger partial charge in [-0.3, -0.25) is 0 Å². The highest BCUT2D eigenvalue weighted by Crippen LogP contribution is 2.09. The summed E-state index contributed by atoms with van der Waals surface area (Å²) in [4.78, 5) is 12.2. The zero-order chi connectivity index (χ0) is 15.0. The summed E-state index contributed by atoms with van der Waals surface area (Å²) in [5.74, 6) is 0.448. The first-order chi connectivity index (χ1) is 9.47. The molecule has 0 aromatic heterocycles. The molecule has 0 aliphatic carbocycles. The lowest BCUT2D eigenvalue weighted by Crippen LogP contribution is -2.38. The fraction of sp³-hybridized carbons (Fsp3) is 0.467. The zero-order valence-corrected chi connectivity index (χ0v) is 12.8. The van der Waals surface area contributed by atoms with E-state index in [2.05, 4.69) is 19.2 Å². The summed E-state index contributed by atoms with van der Waals surface area (Å²) < 4.78 is 5.19. The number of benzene rings is 1. The van der Waals surface area contributed by atoms with Crippen molar-refractivity contribution in [2.24, 2.45) is 11.7 Å². The summed E-state index contributed by atoms with van der Waals surface area (Å²) in [5, 5.41) is 2.82. The van der Waals surface area contributed by atoms with Crippen LogP contribution in [0, 0.1) is 5.92 Å². The Kier molecular flexibility index (Phi) is 7.01. The number of amides is 1. The van der Waals surface area contributed by atoms with E-state index in [1.807, 2.05) is 30.3 Å². The Morgan fingerprint density at radius 1 is 1.35 bits per heavy atom. The topological polar surface area (TPSA) is 64.3 Å². The number of nitrogens with one attached hydrogen (secondary N) is 1. The van der Waals surface area contributed by atoms with Crippen molar-refractivity contribution in [2.45, 2.75) is 39.3 Å². The van der Waals surface area contributed by atoms with Crippen LogP contribution in [-0.4, -0.2) is 17.1 Å². The maximum atomic E-state index is 11.8. The number of rotatable bonds is 7. The van der Waals surface area contributed by atoms with Crippen molar-refractivity contribution in [3.63, 3.8) is 0 Å². The fourth-order valence-corrected chi connectivity index (χ4v) is 2.14. The van der Waals surface area contributed by atoms with Crippen molar-refractivity contribution in [3.05, 3.63) is 35.9 Å². The van der Waals surface area contributed by atoms with Crippen LogP contribution >= 0.6 is 12.2 Å². The molecule has 0 bridgehead atoms. The number of nitrogens with two attached hydrogens (primary N) is 1. The highest BCUT2D eigenvalue weighted by Gasteiger charge is 2.15. The van der Waals surface area contributed by atoms with Gasteiger partial charge in [0, 0.05) is 12.5 Å². The SMILES string of the molecule is CC(C)C[C@@H](CC(N)=S)NC(=O)OCc1ccccc1. The normalized spacial score (nSPS) is 11.9. The molecule has 0 saturated carbocycles. The first-order valence-corrected chi connectivity index (χ1v) is 7.13. The summed E-state index contributed by atoms with van der Waals surface area (Å²) in [5.41, 5.74) is 6.51. The van der Waals surface area contributed by atoms with Gasteiger partial charge < -0.3 is 15.8 Å². The molecule has 0 unspecified atom stereocenters. The molecule has 20 heavy (non-hydrogen) atoms. The number of carbonyl (C=O) groups excluding carboxylic acids is 1. The predicted molar refractivity (Wildman–Crippen MR) is 84.4 cm³/mol. The van der Waals surface area contributed by atoms with Crippen molar-refractivity contribution in [3.8, 4) is 0 Å². The minimum Gasteiger partial charge on any atom is -0.445 e. The van der Waals surface area contributed by atoms with Gasteiger partial charge in [-0.2, -0.15) is 0 Å². The van der Waals surface area contributed by atoms with Gasteiger partial charge in [0.05, 0.1) is 4.99 Å². The standard InChI is InChI=1S/C15H22N2O2S/c1-11(2)8-13(9-14(16)20)17-15(18)19-10-12-6-4-3-5-7-12/h3-7,11,13H,8-10H2,1-2H3,(H2,16,20)(H,17,18)/t13-/m0/s1. The monoisotopic (exact) mass is 294 g/mol. The summed E-state index contributed by atoms with van der Waals surface area (Å²) in [6, 6.07) is 9.48. The van der Waals surface area contributed by atoms with Crippen molar-refractivity contribution >= 4 is 23.3 Å². The van der Waals surface area contributed by atoms with Gasteiger partial charge in [0.25, 0.3) is 0 Å². The average molecular weight is 294 g/mol. The smallest absolute Gasteiger partial charge is 0.407 e. The Bertz CT molecular complexity index is 435. The lowest BCUT2D eigenvalue weighted by atomic mass is 10.0. The largest absolute Gasteiger partial charge is 0.445 e. The molecule has 1 aromatic rings. The summed E-state index contributed by atoms with van der Waals surface area (Å²) in [6.07, 6.45) is 0.877. The Morgan fingerprint density at radius 3 is 2.55 bits per heavy atom. The second kappa shape index (κ2) is 8.53. The molecule has 1 rings (SSSR count). The number of carbonyl (C=O) groups is 1. The molecule has 0 spiro atoms. The summed E-state index contributed by atoms with van der Waals surface area (Å²) >= 11 is 4.90. The van der Waals surface area contributed by atoms with Crippen LogP contribution in [-0.2, 0) is 11.3 Å². The van der Waals surface area contributed by atoms with E-state index in [4.69, 9.17) is 22.7 Å². The molecule has 110 valence electrons. The lowest BCUT2D eigenvalue weighted by Gasteiger charge is -2.19. The van der Waals surface area contributed by atoms with Gasteiger partial charge in [0.1, 0.15) is 6.61 Å². The van der Waals surface area contributed by atoms with Crippen LogP contribution in [0.15, 0.2) is 30.3 Å². The Hall–Kier alpha value is -1.62. The lowest BCUT2D eigenvalue weighted by molar-refractivity contribution is 0.134. The van der Waals surface area contributed by atoms with E-state index in [9.17, 15) is 4.79 Å². The van der Waals surface area contributed by atoms with Gasteiger partial charge in [0.15, 0.2) is 0 Å². The molecule has 0 aliphatic heterocycles. The van der Waals surface area contributed by atoms with Crippen molar-refractivity contribution in [1.29, 1.82) is 0 Å². The molecule has 5 heteroatoms. The molecule has 1 atom stereocenters. The van der Waals surface area contributed by atoms with E-state index in [1.165, 1.54) is 0 Å². The second-order valence-corrected chi connectivity index (χ2v) is 5.73. The molecule has 0 heterocycles. The summed E-state index contributed by atoms with van der Waals surface area (Å²) in [6.45, 7) is 4.43. The molecular formula is C15H22N2O2S. The maximum absolute atomic E-state index is 11.8. The molecule has 0 saturated heterocycles. The number of ether oxygens (including phenoxy) is 1. The van der Waals surface area contributed by atoms with Gasteiger partial charge in [0.2, 0.25) is 0 Å². The third kappa shape index (κ3) is 7.09. The highest BCUT2D eigenvalue weighted by atomic mass is 32.1. The first kappa shape index (κ1) is 16.4. The van der Waals surface area contributed by atoms with Crippen LogP contribution in [0.4, 0.5) is 4.79 Å². The quantitative estimate of drug-likeness (QED) is 0.759. The minimum absolute atomic E-state index is 0.0734. The number of thiocarbonyl (C=S) groups is 1. The highest BCUT2D eigenvalue weighted by molar-refractivity contribution is 7.80. The van der Waals surface area contributed by atoms with E-state index >= 15 is 0 Å². The van der Waals surface area contributed by atoms with Gasteiger partial charge in [-0.05, 0) is 17.9 Å². The van der Waals surface area contributed by atoms with Crippen LogP contribution in [0.3, 0.4) is 0 Å². The van der Waals surface area contributed by atoms with E-state index in [0.717, 1.165) is 12.0 Å². The zero-order valence-electron chi connectivity index (χ0n) is 12.0. The van der Waals surface area contributed by atoms with E-state index < -0.39 is 6.09 Å². The number of hydrogen-bond donors (Lipinski definition) is 2. The second-order valence-electron chi connectivity index (χ2n) is 5.20. The van der Waals surface area contributed by atoms with Crippen LogP contribution in [0.25, 0.3) is 0 Å². The number of alkyl carbamates (subject to hydrolysis) is 1. The van der Waals surface area contributed by atoms with E-state index in [-0.39, 0.29) is 12.6 Å². The molecule has 0 aliphatic rings. The Morgan fingerprint density at radius 2 is 2.00 bits per heavy atom. The van der Waals surface area contributed by atoms with Gasteiger partial charge in [-0.1, -0.05) is 56.4 Å². The van der Waals surface area contributed by atoms with Crippen LogP contribution in [0.5, 0.6) is 0 Å². The molecule has 1 aromatic carbocycles. The summed E-state index contributed by atoms with van der Waals surface area (Å²) in [7, 11) is 0. The van der Waals surface area contributed by atoms with Crippen LogP contribution in [0.1, 0.15) is 32.3 Å². The van der Waals surface area contributed by atoms with Gasteiger partial charge in [-0.25, -0.2) is 4.79 Å². The van der Waals surface area contributed by atoms with E-state index in [0.29, 0.717) is 17.3 Å². The molecule has 3 N–H and O–H groups in total. The average Bonchev–Trinajstić information content (AvgIpc) is 2.36. The third-order valence-corrected chi connectivity index (χ3v) is 2.90. The van der Waals surface area contributed by atoms with Crippen molar-refractivity contribution < 1.29 is 9.53 Å².